The quantitative estimate of drug-likeness (QED) is 0.731. The number of ether oxygens (including phenoxy) is 2. The summed E-state index contributed by atoms with van der Waals surface area (Å²) in [4.78, 5) is 24.5. The molecule has 0 unspecified atom stereocenters. The van der Waals surface area contributed by atoms with Gasteiger partial charge in [0.2, 0.25) is 5.91 Å². The predicted molar refractivity (Wildman–Crippen MR) is 105 cm³/mol. The third kappa shape index (κ3) is 3.84. The Morgan fingerprint density at radius 1 is 1.07 bits per heavy atom. The Morgan fingerprint density at radius 3 is 2.68 bits per heavy atom. The smallest absolute Gasteiger partial charge is 0.267 e. The molecule has 0 radical (unpaired) electrons. The molecule has 28 heavy (non-hydrogen) atoms. The SMILES string of the molecule is O=C(Cn1nc(-c2ccc3c(c2)OCCO3)ccc1=O)Nc1ccccc1Cl. The Balaban J connectivity index is 1.56. The molecule has 0 atom stereocenters. The first-order valence-corrected chi connectivity index (χ1v) is 9.00. The summed E-state index contributed by atoms with van der Waals surface area (Å²) >= 11 is 6.04. The molecule has 1 amide bonds. The minimum atomic E-state index is -0.401. The van der Waals surface area contributed by atoms with Crippen LogP contribution >= 0.6 is 11.6 Å². The molecule has 0 saturated heterocycles. The number of hydrogen-bond acceptors (Lipinski definition) is 5. The second-order valence-corrected chi connectivity index (χ2v) is 6.51. The molecule has 142 valence electrons. The van der Waals surface area contributed by atoms with E-state index in [1.165, 1.54) is 6.07 Å². The molecular weight excluding hydrogens is 382 g/mol. The molecule has 2 aromatic carbocycles. The fourth-order valence-electron chi connectivity index (χ4n) is 2.81. The highest BCUT2D eigenvalue weighted by atomic mass is 35.5. The van der Waals surface area contributed by atoms with E-state index in [0.29, 0.717) is 41.1 Å². The van der Waals surface area contributed by atoms with E-state index in [4.69, 9.17) is 21.1 Å². The van der Waals surface area contributed by atoms with Crippen LogP contribution in [-0.2, 0) is 11.3 Å². The molecular formula is C20H16ClN3O4. The zero-order valence-corrected chi connectivity index (χ0v) is 15.5. The van der Waals surface area contributed by atoms with Crippen molar-refractivity contribution in [2.24, 2.45) is 0 Å². The number of hydrogen-bond donors (Lipinski definition) is 1. The number of para-hydroxylation sites is 1. The largest absolute Gasteiger partial charge is 0.486 e. The van der Waals surface area contributed by atoms with Gasteiger partial charge in [-0.1, -0.05) is 23.7 Å². The number of rotatable bonds is 4. The number of anilines is 1. The molecule has 0 spiro atoms. The third-order valence-corrected chi connectivity index (χ3v) is 4.48. The van der Waals surface area contributed by atoms with Gasteiger partial charge in [0.05, 0.1) is 16.4 Å². The molecule has 0 fully saturated rings. The van der Waals surface area contributed by atoms with Crippen molar-refractivity contribution in [2.45, 2.75) is 6.54 Å². The van der Waals surface area contributed by atoms with Crippen molar-refractivity contribution in [3.63, 3.8) is 0 Å². The van der Waals surface area contributed by atoms with E-state index >= 15 is 0 Å². The van der Waals surface area contributed by atoms with E-state index in [1.54, 1.807) is 42.5 Å². The standard InChI is InChI=1S/C20H16ClN3O4/c21-14-3-1-2-4-16(14)22-19(25)12-24-20(26)8-6-15(23-24)13-5-7-17-18(11-13)28-10-9-27-17/h1-8,11H,9-10,12H2,(H,22,25). The third-order valence-electron chi connectivity index (χ3n) is 4.15. The maximum atomic E-state index is 12.3. The van der Waals surface area contributed by atoms with Crippen molar-refractivity contribution in [2.75, 3.05) is 18.5 Å². The van der Waals surface area contributed by atoms with Crippen LogP contribution in [0.15, 0.2) is 59.4 Å². The summed E-state index contributed by atoms with van der Waals surface area (Å²) in [5, 5.41) is 7.41. The average Bonchev–Trinajstić information content (AvgIpc) is 2.71. The van der Waals surface area contributed by atoms with Gasteiger partial charge >= 0.3 is 0 Å². The number of halogens is 1. The van der Waals surface area contributed by atoms with E-state index in [0.717, 1.165) is 10.2 Å². The molecule has 1 aromatic heterocycles. The first-order chi connectivity index (χ1) is 13.6. The van der Waals surface area contributed by atoms with E-state index < -0.39 is 5.91 Å². The normalized spacial score (nSPS) is 12.5. The lowest BCUT2D eigenvalue weighted by atomic mass is 10.1. The van der Waals surface area contributed by atoms with Crippen molar-refractivity contribution in [1.29, 1.82) is 0 Å². The topological polar surface area (TPSA) is 82.5 Å². The Hall–Kier alpha value is -3.32. The first-order valence-electron chi connectivity index (χ1n) is 8.63. The van der Waals surface area contributed by atoms with Crippen molar-refractivity contribution in [1.82, 2.24) is 9.78 Å². The Kier molecular flexibility index (Phi) is 4.99. The van der Waals surface area contributed by atoms with Crippen LogP contribution in [0.25, 0.3) is 11.3 Å². The van der Waals surface area contributed by atoms with Crippen molar-refractivity contribution in [3.8, 4) is 22.8 Å². The molecule has 8 heteroatoms. The number of aromatic nitrogens is 2. The van der Waals surface area contributed by atoms with Crippen molar-refractivity contribution < 1.29 is 14.3 Å². The van der Waals surface area contributed by atoms with Crippen LogP contribution < -0.4 is 20.3 Å². The van der Waals surface area contributed by atoms with Crippen LogP contribution in [0.3, 0.4) is 0 Å². The van der Waals surface area contributed by atoms with Crippen molar-refractivity contribution >= 4 is 23.2 Å². The average molecular weight is 398 g/mol. The predicted octanol–water partition coefficient (Wildman–Crippen LogP) is 2.97. The van der Waals surface area contributed by atoms with Gasteiger partial charge in [-0.15, -0.1) is 0 Å². The van der Waals surface area contributed by atoms with Crippen LogP contribution in [0.4, 0.5) is 5.69 Å². The zero-order chi connectivity index (χ0) is 19.5. The molecule has 0 bridgehead atoms. The number of nitrogens with one attached hydrogen (secondary N) is 1. The minimum absolute atomic E-state index is 0.234. The second kappa shape index (κ2) is 7.74. The van der Waals surface area contributed by atoms with Gasteiger partial charge in [-0.25, -0.2) is 4.68 Å². The number of benzene rings is 2. The lowest BCUT2D eigenvalue weighted by Crippen LogP contribution is -2.29. The molecule has 0 aliphatic carbocycles. The summed E-state index contributed by atoms with van der Waals surface area (Å²) in [7, 11) is 0. The van der Waals surface area contributed by atoms with Gasteiger partial charge in [-0.05, 0) is 36.4 Å². The molecule has 1 aliphatic rings. The highest BCUT2D eigenvalue weighted by molar-refractivity contribution is 6.33. The summed E-state index contributed by atoms with van der Waals surface area (Å²) in [6.07, 6.45) is 0. The van der Waals surface area contributed by atoms with Gasteiger partial charge in [0.25, 0.3) is 5.56 Å². The van der Waals surface area contributed by atoms with E-state index in [-0.39, 0.29) is 12.1 Å². The Labute approximate surface area is 165 Å². The zero-order valence-electron chi connectivity index (χ0n) is 14.7. The maximum Gasteiger partial charge on any atom is 0.267 e. The minimum Gasteiger partial charge on any atom is -0.486 e. The molecule has 7 nitrogen and oxygen atoms in total. The van der Waals surface area contributed by atoms with Gasteiger partial charge < -0.3 is 14.8 Å². The number of carbonyl (C=O) groups excluding carboxylic acids is 1. The molecule has 4 rings (SSSR count). The van der Waals surface area contributed by atoms with Crippen LogP contribution in [0.2, 0.25) is 5.02 Å². The summed E-state index contributed by atoms with van der Waals surface area (Å²) < 4.78 is 12.2. The van der Waals surface area contributed by atoms with E-state index in [9.17, 15) is 9.59 Å². The monoisotopic (exact) mass is 397 g/mol. The summed E-state index contributed by atoms with van der Waals surface area (Å²) in [5.41, 5.74) is 1.40. The fourth-order valence-corrected chi connectivity index (χ4v) is 2.99. The number of nitrogens with zero attached hydrogens (tertiary/aromatic N) is 2. The number of fused-ring (bicyclic) bond motifs is 1. The van der Waals surface area contributed by atoms with Gasteiger partial charge in [-0.2, -0.15) is 5.10 Å². The van der Waals surface area contributed by atoms with Crippen LogP contribution in [0.1, 0.15) is 0 Å². The molecule has 1 aliphatic heterocycles. The van der Waals surface area contributed by atoms with Crippen LogP contribution in [-0.4, -0.2) is 28.9 Å². The Bertz CT molecular complexity index is 1100. The van der Waals surface area contributed by atoms with E-state index in [2.05, 4.69) is 10.4 Å². The van der Waals surface area contributed by atoms with Gasteiger partial charge in [0.15, 0.2) is 11.5 Å². The first kappa shape index (κ1) is 18.1. The molecule has 2 heterocycles. The molecule has 1 N–H and O–H groups in total. The molecule has 3 aromatic rings. The molecule has 0 saturated carbocycles. The highest BCUT2D eigenvalue weighted by Crippen LogP contribution is 2.33. The fraction of sp³-hybridized carbons (Fsp3) is 0.150. The second-order valence-electron chi connectivity index (χ2n) is 6.10. The van der Waals surface area contributed by atoms with Crippen LogP contribution in [0.5, 0.6) is 11.5 Å². The highest BCUT2D eigenvalue weighted by Gasteiger charge is 2.14. The van der Waals surface area contributed by atoms with E-state index in [1.807, 2.05) is 6.07 Å². The van der Waals surface area contributed by atoms with Crippen LogP contribution in [0, 0.1) is 0 Å². The Morgan fingerprint density at radius 2 is 1.86 bits per heavy atom. The van der Waals surface area contributed by atoms with Gasteiger partial charge in [0, 0.05) is 11.6 Å². The maximum absolute atomic E-state index is 12.3. The van der Waals surface area contributed by atoms with Gasteiger partial charge in [-0.3, -0.25) is 9.59 Å². The number of amides is 1. The lowest BCUT2D eigenvalue weighted by Gasteiger charge is -2.18. The van der Waals surface area contributed by atoms with Gasteiger partial charge in [0.1, 0.15) is 19.8 Å². The van der Waals surface area contributed by atoms with Crippen molar-refractivity contribution in [3.05, 3.63) is 70.0 Å². The number of carbonyl (C=O) groups is 1. The lowest BCUT2D eigenvalue weighted by molar-refractivity contribution is -0.117. The summed E-state index contributed by atoms with van der Waals surface area (Å²) in [6, 6.07) is 15.3. The summed E-state index contributed by atoms with van der Waals surface area (Å²) in [5.74, 6) is 0.893. The summed E-state index contributed by atoms with van der Waals surface area (Å²) in [6.45, 7) is 0.754.